The molecule has 1 aliphatic heterocycles. The summed E-state index contributed by atoms with van der Waals surface area (Å²) in [5, 5.41) is 9.64. The van der Waals surface area contributed by atoms with Crippen LogP contribution in [0.3, 0.4) is 0 Å². The SMILES string of the molecule is CN1C(=O)N(c2ccc(Oc3ccccc3)cc2)S(=O)(=O)c2ccc(O)cc21. The van der Waals surface area contributed by atoms with Gasteiger partial charge in [-0.25, -0.2) is 13.2 Å². The Labute approximate surface area is 162 Å². The fourth-order valence-corrected chi connectivity index (χ4v) is 4.57. The number of hydrogen-bond donors (Lipinski definition) is 1. The minimum atomic E-state index is -4.12. The topological polar surface area (TPSA) is 87.2 Å². The van der Waals surface area contributed by atoms with Crippen LogP contribution in [0.1, 0.15) is 0 Å². The van der Waals surface area contributed by atoms with Gasteiger partial charge in [-0.2, -0.15) is 4.31 Å². The Morgan fingerprint density at radius 1 is 0.893 bits per heavy atom. The van der Waals surface area contributed by atoms with Gasteiger partial charge in [0.1, 0.15) is 22.1 Å². The van der Waals surface area contributed by atoms with Crippen LogP contribution >= 0.6 is 0 Å². The van der Waals surface area contributed by atoms with Crippen LogP contribution in [0.15, 0.2) is 77.7 Å². The van der Waals surface area contributed by atoms with Gasteiger partial charge in [0.25, 0.3) is 10.0 Å². The highest BCUT2D eigenvalue weighted by Gasteiger charge is 2.41. The van der Waals surface area contributed by atoms with Gasteiger partial charge in [0.2, 0.25) is 0 Å². The minimum Gasteiger partial charge on any atom is -0.508 e. The van der Waals surface area contributed by atoms with E-state index in [1.165, 1.54) is 42.3 Å². The van der Waals surface area contributed by atoms with E-state index >= 15 is 0 Å². The van der Waals surface area contributed by atoms with E-state index in [0.717, 1.165) is 4.31 Å². The first-order valence-electron chi connectivity index (χ1n) is 8.37. The first-order valence-corrected chi connectivity index (χ1v) is 9.81. The molecule has 28 heavy (non-hydrogen) atoms. The smallest absolute Gasteiger partial charge is 0.342 e. The fourth-order valence-electron chi connectivity index (χ4n) is 2.95. The van der Waals surface area contributed by atoms with Crippen molar-refractivity contribution in [2.45, 2.75) is 4.90 Å². The lowest BCUT2D eigenvalue weighted by Crippen LogP contribution is -2.49. The Balaban J connectivity index is 1.70. The molecule has 0 bridgehead atoms. The van der Waals surface area contributed by atoms with E-state index in [1.807, 2.05) is 18.2 Å². The Bertz CT molecular complexity index is 1140. The number of urea groups is 1. The van der Waals surface area contributed by atoms with Crippen molar-refractivity contribution in [3.63, 3.8) is 0 Å². The Hall–Kier alpha value is -3.52. The third-order valence-electron chi connectivity index (χ3n) is 4.33. The molecular formula is C20H16N2O5S. The van der Waals surface area contributed by atoms with Gasteiger partial charge in [-0.05, 0) is 48.5 Å². The van der Waals surface area contributed by atoms with Crippen molar-refractivity contribution in [3.05, 3.63) is 72.8 Å². The molecule has 0 unspecified atom stereocenters. The van der Waals surface area contributed by atoms with E-state index in [-0.39, 0.29) is 22.0 Å². The molecule has 2 amide bonds. The number of fused-ring (bicyclic) bond motifs is 1. The molecule has 3 aromatic carbocycles. The van der Waals surface area contributed by atoms with E-state index in [1.54, 1.807) is 24.3 Å². The van der Waals surface area contributed by atoms with Crippen molar-refractivity contribution in [2.24, 2.45) is 0 Å². The monoisotopic (exact) mass is 396 g/mol. The summed E-state index contributed by atoms with van der Waals surface area (Å²) in [6.07, 6.45) is 0. The molecule has 0 aromatic heterocycles. The van der Waals surface area contributed by atoms with E-state index in [4.69, 9.17) is 4.74 Å². The van der Waals surface area contributed by atoms with E-state index in [2.05, 4.69) is 0 Å². The summed E-state index contributed by atoms with van der Waals surface area (Å²) < 4.78 is 32.5. The van der Waals surface area contributed by atoms with Gasteiger partial charge in [0.15, 0.2) is 0 Å². The lowest BCUT2D eigenvalue weighted by Gasteiger charge is -2.34. The number of sulfonamides is 1. The van der Waals surface area contributed by atoms with Crippen molar-refractivity contribution < 1.29 is 23.1 Å². The molecule has 0 spiro atoms. The minimum absolute atomic E-state index is 0.0583. The highest BCUT2D eigenvalue weighted by Crippen LogP contribution is 2.38. The lowest BCUT2D eigenvalue weighted by atomic mass is 10.2. The summed E-state index contributed by atoms with van der Waals surface area (Å²) in [6.45, 7) is 0. The number of carbonyl (C=O) groups is 1. The van der Waals surface area contributed by atoms with Crippen LogP contribution in [-0.4, -0.2) is 26.6 Å². The summed E-state index contributed by atoms with van der Waals surface area (Å²) in [5.74, 6) is 1.03. The molecule has 0 saturated heterocycles. The van der Waals surface area contributed by atoms with Crippen LogP contribution in [0, 0.1) is 0 Å². The maximum Gasteiger partial charge on any atom is 0.342 e. The van der Waals surface area contributed by atoms with E-state index in [9.17, 15) is 18.3 Å². The first kappa shape index (κ1) is 17.9. The van der Waals surface area contributed by atoms with Crippen molar-refractivity contribution in [1.82, 2.24) is 0 Å². The molecule has 0 radical (unpaired) electrons. The number of anilines is 2. The standard InChI is InChI=1S/C20H16N2O5S/c1-21-18-13-15(23)9-12-19(18)28(25,26)22(20(21)24)14-7-10-17(11-8-14)27-16-5-3-2-4-6-16/h2-13,23H,1H3. The second-order valence-corrected chi connectivity index (χ2v) is 7.93. The third-order valence-corrected chi connectivity index (χ3v) is 6.08. The molecule has 0 saturated carbocycles. The van der Waals surface area contributed by atoms with Gasteiger partial charge < -0.3 is 9.84 Å². The molecule has 142 valence electrons. The van der Waals surface area contributed by atoms with Gasteiger partial charge in [-0.3, -0.25) is 4.90 Å². The zero-order chi connectivity index (χ0) is 19.9. The molecule has 3 aromatic rings. The van der Waals surface area contributed by atoms with Gasteiger partial charge >= 0.3 is 6.03 Å². The van der Waals surface area contributed by atoms with Crippen LogP contribution in [0.5, 0.6) is 17.2 Å². The molecule has 0 aliphatic carbocycles. The maximum atomic E-state index is 13.0. The molecule has 1 aliphatic rings. The maximum absolute atomic E-state index is 13.0. The number of amides is 2. The summed E-state index contributed by atoms with van der Waals surface area (Å²) >= 11 is 0. The molecule has 8 heteroatoms. The Kier molecular flexibility index (Phi) is 4.20. The number of phenolic OH excluding ortho intramolecular Hbond substituents is 1. The summed E-state index contributed by atoms with van der Waals surface area (Å²) in [5.41, 5.74) is 0.321. The number of nitrogens with zero attached hydrogens (tertiary/aromatic N) is 2. The molecule has 1 N–H and O–H groups in total. The molecule has 0 atom stereocenters. The quantitative estimate of drug-likeness (QED) is 0.724. The number of para-hydroxylation sites is 1. The van der Waals surface area contributed by atoms with Crippen molar-refractivity contribution >= 4 is 27.4 Å². The highest BCUT2D eigenvalue weighted by molar-refractivity contribution is 7.94. The predicted octanol–water partition coefficient (Wildman–Crippen LogP) is 3.95. The highest BCUT2D eigenvalue weighted by atomic mass is 32.2. The summed E-state index contributed by atoms with van der Waals surface area (Å²) in [7, 11) is -2.66. The number of aromatic hydroxyl groups is 1. The van der Waals surface area contributed by atoms with Crippen molar-refractivity contribution in [1.29, 1.82) is 0 Å². The molecule has 7 nitrogen and oxygen atoms in total. The molecule has 1 heterocycles. The average molecular weight is 396 g/mol. The van der Waals surface area contributed by atoms with Gasteiger partial charge in [0.05, 0.1) is 11.4 Å². The number of phenols is 1. The predicted molar refractivity (Wildman–Crippen MR) is 105 cm³/mol. The fraction of sp³-hybridized carbons (Fsp3) is 0.0500. The average Bonchev–Trinajstić information content (AvgIpc) is 2.68. The molecular weight excluding hydrogens is 380 g/mol. The second-order valence-electron chi connectivity index (χ2n) is 6.17. The van der Waals surface area contributed by atoms with Crippen LogP contribution in [-0.2, 0) is 10.0 Å². The Morgan fingerprint density at radius 3 is 2.21 bits per heavy atom. The van der Waals surface area contributed by atoms with Crippen LogP contribution in [0.25, 0.3) is 0 Å². The number of ether oxygens (including phenoxy) is 1. The zero-order valence-corrected chi connectivity index (χ0v) is 15.6. The number of carbonyl (C=O) groups excluding carboxylic acids is 1. The number of rotatable bonds is 3. The lowest BCUT2D eigenvalue weighted by molar-refractivity contribution is 0.255. The van der Waals surface area contributed by atoms with Crippen molar-refractivity contribution in [3.8, 4) is 17.2 Å². The second kappa shape index (κ2) is 6.58. The first-order chi connectivity index (χ1) is 13.4. The number of benzene rings is 3. The van der Waals surface area contributed by atoms with Gasteiger partial charge in [-0.1, -0.05) is 18.2 Å². The van der Waals surface area contributed by atoms with Crippen LogP contribution < -0.4 is 13.9 Å². The summed E-state index contributed by atoms with van der Waals surface area (Å²) in [6, 6.07) is 18.4. The van der Waals surface area contributed by atoms with Crippen molar-refractivity contribution in [2.75, 3.05) is 16.3 Å². The molecule has 4 rings (SSSR count). The van der Waals surface area contributed by atoms with E-state index < -0.39 is 16.1 Å². The van der Waals surface area contributed by atoms with Crippen LogP contribution in [0.4, 0.5) is 16.2 Å². The third kappa shape index (κ3) is 2.93. The molecule has 0 fully saturated rings. The summed E-state index contributed by atoms with van der Waals surface area (Å²) in [4.78, 5) is 13.9. The number of hydrogen-bond acceptors (Lipinski definition) is 5. The Morgan fingerprint density at radius 2 is 1.54 bits per heavy atom. The largest absolute Gasteiger partial charge is 0.508 e. The van der Waals surface area contributed by atoms with Crippen LogP contribution in [0.2, 0.25) is 0 Å². The zero-order valence-electron chi connectivity index (χ0n) is 14.8. The van der Waals surface area contributed by atoms with Gasteiger partial charge in [0, 0.05) is 13.1 Å². The normalized spacial score (nSPS) is 15.2. The van der Waals surface area contributed by atoms with E-state index in [0.29, 0.717) is 11.5 Å². The van der Waals surface area contributed by atoms with Gasteiger partial charge in [-0.15, -0.1) is 0 Å².